The summed E-state index contributed by atoms with van der Waals surface area (Å²) in [6.45, 7) is 4.56. The second-order valence-corrected chi connectivity index (χ2v) is 8.12. The van der Waals surface area contributed by atoms with Gasteiger partial charge in [-0.05, 0) is 29.0 Å². The third kappa shape index (κ3) is 4.05. The Bertz CT molecular complexity index is 954. The van der Waals surface area contributed by atoms with E-state index in [2.05, 4.69) is 110 Å². The van der Waals surface area contributed by atoms with E-state index in [-0.39, 0.29) is 0 Å². The summed E-state index contributed by atoms with van der Waals surface area (Å²) in [5, 5.41) is 4.85. The average Bonchev–Trinajstić information content (AvgIpc) is 3.31. The Morgan fingerprint density at radius 2 is 1.16 bits per heavy atom. The van der Waals surface area contributed by atoms with Crippen LogP contribution in [0.25, 0.3) is 0 Å². The van der Waals surface area contributed by atoms with Gasteiger partial charge in [-0.25, -0.2) is 9.67 Å². The SMILES string of the molecule is CCC(CC)CCc1ncnn1C(c1ccccc1)(c1ccccc1)c1ccccc1. The molecule has 0 spiro atoms. The van der Waals surface area contributed by atoms with Crippen molar-refractivity contribution in [3.05, 3.63) is 120 Å². The summed E-state index contributed by atoms with van der Waals surface area (Å²) in [5.74, 6) is 1.74. The zero-order valence-corrected chi connectivity index (χ0v) is 18.5. The predicted octanol–water partition coefficient (Wildman–Crippen LogP) is 6.49. The number of nitrogens with zero attached hydrogens (tertiary/aromatic N) is 3. The van der Waals surface area contributed by atoms with Gasteiger partial charge in [0.1, 0.15) is 17.7 Å². The highest BCUT2D eigenvalue weighted by molar-refractivity contribution is 5.50. The van der Waals surface area contributed by atoms with Crippen molar-refractivity contribution in [3.8, 4) is 0 Å². The molecule has 0 fully saturated rings. The summed E-state index contributed by atoms with van der Waals surface area (Å²) in [6, 6.07) is 32.1. The molecule has 0 saturated heterocycles. The van der Waals surface area contributed by atoms with Gasteiger partial charge in [-0.2, -0.15) is 5.10 Å². The number of hydrogen-bond donors (Lipinski definition) is 0. The predicted molar refractivity (Wildman–Crippen MR) is 127 cm³/mol. The zero-order valence-electron chi connectivity index (χ0n) is 18.5. The van der Waals surface area contributed by atoms with Crippen molar-refractivity contribution in [3.63, 3.8) is 0 Å². The van der Waals surface area contributed by atoms with Crippen LogP contribution in [0.4, 0.5) is 0 Å². The standard InChI is InChI=1S/C28H31N3/c1-3-23(4-2)20-21-27-29-22-30-31(27)28(24-14-8-5-9-15-24,25-16-10-6-11-17-25)26-18-12-7-13-19-26/h5-19,22-23H,3-4,20-21H2,1-2H3. The first-order chi connectivity index (χ1) is 15.3. The topological polar surface area (TPSA) is 30.7 Å². The van der Waals surface area contributed by atoms with Gasteiger partial charge in [-0.1, -0.05) is 118 Å². The third-order valence-corrected chi connectivity index (χ3v) is 6.44. The fraction of sp³-hybridized carbons (Fsp3) is 0.286. The lowest BCUT2D eigenvalue weighted by Crippen LogP contribution is -2.40. The average molecular weight is 410 g/mol. The minimum Gasteiger partial charge on any atom is -0.231 e. The second kappa shape index (κ2) is 9.74. The van der Waals surface area contributed by atoms with E-state index in [0.29, 0.717) is 5.92 Å². The van der Waals surface area contributed by atoms with E-state index in [4.69, 9.17) is 10.1 Å². The lowest BCUT2D eigenvalue weighted by atomic mass is 9.77. The normalized spacial score (nSPS) is 11.7. The van der Waals surface area contributed by atoms with Crippen molar-refractivity contribution in [2.45, 2.75) is 45.1 Å². The Kier molecular flexibility index (Phi) is 6.61. The minimum absolute atomic E-state index is 0.580. The molecule has 31 heavy (non-hydrogen) atoms. The van der Waals surface area contributed by atoms with Gasteiger partial charge < -0.3 is 0 Å². The molecule has 0 radical (unpaired) electrons. The van der Waals surface area contributed by atoms with E-state index in [1.54, 1.807) is 6.33 Å². The molecule has 0 aliphatic heterocycles. The van der Waals surface area contributed by atoms with Crippen LogP contribution in [0.2, 0.25) is 0 Å². The van der Waals surface area contributed by atoms with E-state index in [9.17, 15) is 0 Å². The largest absolute Gasteiger partial charge is 0.231 e. The van der Waals surface area contributed by atoms with Gasteiger partial charge in [-0.3, -0.25) is 0 Å². The molecule has 4 aromatic rings. The molecule has 4 rings (SSSR count). The van der Waals surface area contributed by atoms with Crippen LogP contribution in [-0.4, -0.2) is 14.8 Å². The molecule has 3 nitrogen and oxygen atoms in total. The number of benzene rings is 3. The van der Waals surface area contributed by atoms with E-state index in [1.165, 1.54) is 29.5 Å². The molecule has 0 aliphatic carbocycles. The highest BCUT2D eigenvalue weighted by Crippen LogP contribution is 2.41. The Balaban J connectivity index is 1.96. The monoisotopic (exact) mass is 409 g/mol. The van der Waals surface area contributed by atoms with Gasteiger partial charge in [-0.15, -0.1) is 0 Å². The van der Waals surface area contributed by atoms with Gasteiger partial charge in [0, 0.05) is 6.42 Å². The maximum Gasteiger partial charge on any atom is 0.140 e. The summed E-state index contributed by atoms with van der Waals surface area (Å²) in [6.07, 6.45) is 6.16. The Morgan fingerprint density at radius 3 is 1.58 bits per heavy atom. The molecule has 0 saturated carbocycles. The van der Waals surface area contributed by atoms with Crippen LogP contribution in [0, 0.1) is 5.92 Å². The minimum atomic E-state index is -0.580. The molecule has 0 atom stereocenters. The maximum atomic E-state index is 4.85. The molecule has 0 unspecified atom stereocenters. The molecule has 0 aliphatic rings. The molecule has 0 bridgehead atoms. The molecule has 1 aromatic heterocycles. The van der Waals surface area contributed by atoms with Gasteiger partial charge in [0.25, 0.3) is 0 Å². The van der Waals surface area contributed by atoms with Crippen molar-refractivity contribution in [1.29, 1.82) is 0 Å². The van der Waals surface area contributed by atoms with Crippen molar-refractivity contribution >= 4 is 0 Å². The summed E-state index contributed by atoms with van der Waals surface area (Å²) < 4.78 is 2.16. The maximum absolute atomic E-state index is 4.85. The first-order valence-corrected chi connectivity index (χ1v) is 11.4. The molecular formula is C28H31N3. The molecule has 1 heterocycles. The number of aromatic nitrogens is 3. The van der Waals surface area contributed by atoms with Crippen molar-refractivity contribution in [2.24, 2.45) is 5.92 Å². The third-order valence-electron chi connectivity index (χ3n) is 6.44. The lowest BCUT2D eigenvalue weighted by molar-refractivity contribution is 0.409. The van der Waals surface area contributed by atoms with Crippen LogP contribution in [0.15, 0.2) is 97.3 Å². The van der Waals surface area contributed by atoms with E-state index in [0.717, 1.165) is 18.7 Å². The smallest absolute Gasteiger partial charge is 0.140 e. The molecule has 158 valence electrons. The highest BCUT2D eigenvalue weighted by atomic mass is 15.4. The molecule has 3 aromatic carbocycles. The lowest BCUT2D eigenvalue weighted by Gasteiger charge is -2.37. The van der Waals surface area contributed by atoms with Crippen LogP contribution in [0.1, 0.15) is 55.6 Å². The van der Waals surface area contributed by atoms with Crippen molar-refractivity contribution < 1.29 is 0 Å². The van der Waals surface area contributed by atoms with Crippen molar-refractivity contribution in [1.82, 2.24) is 14.8 Å². The van der Waals surface area contributed by atoms with Crippen LogP contribution >= 0.6 is 0 Å². The Labute approximate surface area is 185 Å². The first kappa shape index (κ1) is 21.0. The quantitative estimate of drug-likeness (QED) is 0.296. The summed E-state index contributed by atoms with van der Waals surface area (Å²) in [5.41, 5.74) is 2.97. The molecule has 0 amide bonds. The van der Waals surface area contributed by atoms with Gasteiger partial charge in [0.15, 0.2) is 0 Å². The van der Waals surface area contributed by atoms with Crippen LogP contribution in [0.5, 0.6) is 0 Å². The van der Waals surface area contributed by atoms with E-state index >= 15 is 0 Å². The van der Waals surface area contributed by atoms with E-state index in [1.807, 2.05) is 0 Å². The summed E-state index contributed by atoms with van der Waals surface area (Å²) >= 11 is 0. The molecular weight excluding hydrogens is 378 g/mol. The van der Waals surface area contributed by atoms with Crippen LogP contribution in [0.3, 0.4) is 0 Å². The van der Waals surface area contributed by atoms with Crippen LogP contribution in [-0.2, 0) is 12.0 Å². The fourth-order valence-corrected chi connectivity index (χ4v) is 4.65. The Morgan fingerprint density at radius 1 is 0.710 bits per heavy atom. The fourth-order valence-electron chi connectivity index (χ4n) is 4.65. The van der Waals surface area contributed by atoms with E-state index < -0.39 is 5.54 Å². The van der Waals surface area contributed by atoms with Gasteiger partial charge in [0.05, 0.1) is 0 Å². The zero-order chi connectivity index (χ0) is 21.5. The van der Waals surface area contributed by atoms with Crippen LogP contribution < -0.4 is 0 Å². The summed E-state index contributed by atoms with van der Waals surface area (Å²) in [7, 11) is 0. The highest BCUT2D eigenvalue weighted by Gasteiger charge is 2.40. The first-order valence-electron chi connectivity index (χ1n) is 11.4. The Hall–Kier alpha value is -3.20. The number of aryl methyl sites for hydroxylation is 1. The summed E-state index contributed by atoms with van der Waals surface area (Å²) in [4.78, 5) is 4.75. The van der Waals surface area contributed by atoms with Gasteiger partial charge >= 0.3 is 0 Å². The second-order valence-electron chi connectivity index (χ2n) is 8.12. The molecule has 0 N–H and O–H groups in total. The number of hydrogen-bond acceptors (Lipinski definition) is 2. The number of rotatable bonds is 9. The van der Waals surface area contributed by atoms with Crippen molar-refractivity contribution in [2.75, 3.05) is 0 Å². The van der Waals surface area contributed by atoms with Gasteiger partial charge in [0.2, 0.25) is 0 Å². The molecule has 3 heteroatoms.